The molecule has 2 aromatic carbocycles. The number of hydrogen-bond acceptors (Lipinski definition) is 4. The van der Waals surface area contributed by atoms with Gasteiger partial charge in [-0.3, -0.25) is 4.79 Å². The molecule has 118 valence electrons. The van der Waals surface area contributed by atoms with Gasteiger partial charge in [0, 0.05) is 5.56 Å². The molecule has 2 N–H and O–H groups in total. The van der Waals surface area contributed by atoms with Crippen LogP contribution < -0.4 is 5.32 Å². The average Bonchev–Trinajstić information content (AvgIpc) is 2.77. The molecular weight excluding hydrogens is 294 g/mol. The van der Waals surface area contributed by atoms with Gasteiger partial charge in [-0.05, 0) is 30.2 Å². The fourth-order valence-electron chi connectivity index (χ4n) is 2.55. The SMILES string of the molecule is CC[C@@]1(C)NC(=O)N(/N=C/c2c(O)ccc3ccccc23)C1=O. The molecule has 0 aromatic heterocycles. The number of amides is 3. The Morgan fingerprint density at radius 1 is 1.26 bits per heavy atom. The number of hydrazone groups is 1. The fraction of sp³-hybridized carbons (Fsp3) is 0.235. The lowest BCUT2D eigenvalue weighted by Gasteiger charge is -2.17. The third-order valence-electron chi connectivity index (χ3n) is 4.20. The Labute approximate surface area is 133 Å². The zero-order chi connectivity index (χ0) is 16.6. The molecule has 1 fully saturated rings. The van der Waals surface area contributed by atoms with E-state index < -0.39 is 17.5 Å². The summed E-state index contributed by atoms with van der Waals surface area (Å²) in [4.78, 5) is 24.3. The van der Waals surface area contributed by atoms with Crippen LogP contribution in [0.4, 0.5) is 4.79 Å². The predicted octanol–water partition coefficient (Wildman–Crippen LogP) is 2.60. The number of fused-ring (bicyclic) bond motifs is 1. The lowest BCUT2D eigenvalue weighted by atomic mass is 10.00. The van der Waals surface area contributed by atoms with E-state index in [4.69, 9.17) is 0 Å². The van der Waals surface area contributed by atoms with Crippen molar-refractivity contribution < 1.29 is 14.7 Å². The molecule has 0 bridgehead atoms. The minimum Gasteiger partial charge on any atom is -0.507 e. The molecular formula is C17H17N3O3. The van der Waals surface area contributed by atoms with Gasteiger partial charge in [-0.25, -0.2) is 4.79 Å². The van der Waals surface area contributed by atoms with Gasteiger partial charge in [0.25, 0.3) is 5.91 Å². The first-order valence-corrected chi connectivity index (χ1v) is 7.37. The summed E-state index contributed by atoms with van der Waals surface area (Å²) < 4.78 is 0. The summed E-state index contributed by atoms with van der Waals surface area (Å²) >= 11 is 0. The van der Waals surface area contributed by atoms with E-state index in [1.165, 1.54) is 6.21 Å². The monoisotopic (exact) mass is 311 g/mol. The largest absolute Gasteiger partial charge is 0.507 e. The second-order valence-electron chi connectivity index (χ2n) is 5.70. The second kappa shape index (κ2) is 5.39. The van der Waals surface area contributed by atoms with Crippen molar-refractivity contribution in [1.82, 2.24) is 10.3 Å². The number of nitrogens with zero attached hydrogens (tertiary/aromatic N) is 2. The van der Waals surface area contributed by atoms with Gasteiger partial charge in [0.1, 0.15) is 11.3 Å². The number of urea groups is 1. The van der Waals surface area contributed by atoms with E-state index in [9.17, 15) is 14.7 Å². The van der Waals surface area contributed by atoms with Crippen molar-refractivity contribution >= 4 is 28.9 Å². The van der Waals surface area contributed by atoms with Gasteiger partial charge >= 0.3 is 6.03 Å². The van der Waals surface area contributed by atoms with Crippen molar-refractivity contribution in [2.75, 3.05) is 0 Å². The van der Waals surface area contributed by atoms with Crippen molar-refractivity contribution in [1.29, 1.82) is 0 Å². The summed E-state index contributed by atoms with van der Waals surface area (Å²) in [5.74, 6) is -0.362. The maximum absolute atomic E-state index is 12.3. The Kier molecular flexibility index (Phi) is 3.52. The summed E-state index contributed by atoms with van der Waals surface area (Å²) in [6.07, 6.45) is 1.82. The summed E-state index contributed by atoms with van der Waals surface area (Å²) in [7, 11) is 0. The maximum Gasteiger partial charge on any atom is 0.346 e. The lowest BCUT2D eigenvalue weighted by molar-refractivity contribution is -0.130. The quantitative estimate of drug-likeness (QED) is 0.675. The van der Waals surface area contributed by atoms with Crippen molar-refractivity contribution in [3.05, 3.63) is 42.0 Å². The Bertz CT molecular complexity index is 831. The van der Waals surface area contributed by atoms with Crippen molar-refractivity contribution in [3.8, 4) is 5.75 Å². The molecule has 0 saturated carbocycles. The summed E-state index contributed by atoms with van der Waals surface area (Å²) in [6, 6.07) is 10.3. The van der Waals surface area contributed by atoms with Gasteiger partial charge < -0.3 is 10.4 Å². The molecule has 1 atom stereocenters. The number of nitrogens with one attached hydrogen (secondary N) is 1. The van der Waals surface area contributed by atoms with Crippen LogP contribution >= 0.6 is 0 Å². The molecule has 1 heterocycles. The smallest absolute Gasteiger partial charge is 0.346 e. The molecule has 2 aromatic rings. The van der Waals surface area contributed by atoms with E-state index in [0.29, 0.717) is 12.0 Å². The highest BCUT2D eigenvalue weighted by atomic mass is 16.3. The second-order valence-corrected chi connectivity index (χ2v) is 5.70. The standard InChI is InChI=1S/C17H17N3O3/c1-3-17(2)15(22)20(16(23)19-17)18-10-13-12-7-5-4-6-11(12)8-9-14(13)21/h4-10,21H,3H2,1-2H3,(H,19,23)/b18-10+/t17-/m1/s1. The van der Waals surface area contributed by atoms with E-state index >= 15 is 0 Å². The van der Waals surface area contributed by atoms with Crippen LogP contribution in [0.5, 0.6) is 5.75 Å². The van der Waals surface area contributed by atoms with Crippen molar-refractivity contribution in [3.63, 3.8) is 0 Å². The Morgan fingerprint density at radius 3 is 2.70 bits per heavy atom. The molecule has 1 saturated heterocycles. The Balaban J connectivity index is 2.00. The van der Waals surface area contributed by atoms with Gasteiger partial charge in [-0.15, -0.1) is 5.01 Å². The molecule has 3 amide bonds. The van der Waals surface area contributed by atoms with Crippen LogP contribution in [0.3, 0.4) is 0 Å². The number of phenols is 1. The number of carbonyl (C=O) groups excluding carboxylic acids is 2. The maximum atomic E-state index is 12.3. The number of imide groups is 1. The molecule has 3 rings (SSSR count). The normalized spacial score (nSPS) is 21.4. The van der Waals surface area contributed by atoms with Gasteiger partial charge in [0.15, 0.2) is 0 Å². The van der Waals surface area contributed by atoms with E-state index in [1.807, 2.05) is 31.2 Å². The van der Waals surface area contributed by atoms with Crippen molar-refractivity contribution in [2.24, 2.45) is 5.10 Å². The van der Waals surface area contributed by atoms with E-state index in [1.54, 1.807) is 19.1 Å². The third kappa shape index (κ3) is 2.42. The zero-order valence-electron chi connectivity index (χ0n) is 12.9. The molecule has 0 spiro atoms. The van der Waals surface area contributed by atoms with Gasteiger partial charge in [0.2, 0.25) is 0 Å². The van der Waals surface area contributed by atoms with E-state index in [2.05, 4.69) is 10.4 Å². The summed E-state index contributed by atoms with van der Waals surface area (Å²) in [6.45, 7) is 3.49. The molecule has 1 aliphatic heterocycles. The first-order valence-electron chi connectivity index (χ1n) is 7.37. The summed E-state index contributed by atoms with van der Waals surface area (Å²) in [5, 5.41) is 19.2. The molecule has 0 aliphatic carbocycles. The van der Waals surface area contributed by atoms with Crippen LogP contribution in [0.2, 0.25) is 0 Å². The van der Waals surface area contributed by atoms with Crippen LogP contribution in [-0.4, -0.2) is 33.8 Å². The van der Waals surface area contributed by atoms with Crippen LogP contribution in [0, 0.1) is 0 Å². The highest BCUT2D eigenvalue weighted by Gasteiger charge is 2.46. The number of hydrogen-bond donors (Lipinski definition) is 2. The fourth-order valence-corrected chi connectivity index (χ4v) is 2.55. The van der Waals surface area contributed by atoms with Crippen LogP contribution in [0.25, 0.3) is 10.8 Å². The van der Waals surface area contributed by atoms with Crippen LogP contribution in [-0.2, 0) is 4.79 Å². The number of rotatable bonds is 3. The first kappa shape index (κ1) is 15.0. The number of aromatic hydroxyl groups is 1. The van der Waals surface area contributed by atoms with E-state index in [0.717, 1.165) is 15.8 Å². The molecule has 0 unspecified atom stereocenters. The minimum atomic E-state index is -0.935. The van der Waals surface area contributed by atoms with Gasteiger partial charge in [-0.2, -0.15) is 5.10 Å². The summed E-state index contributed by atoms with van der Waals surface area (Å²) in [5.41, 5.74) is -0.469. The number of benzene rings is 2. The average molecular weight is 311 g/mol. The lowest BCUT2D eigenvalue weighted by Crippen LogP contribution is -2.42. The minimum absolute atomic E-state index is 0.0396. The predicted molar refractivity (Wildman–Crippen MR) is 87.3 cm³/mol. The zero-order valence-corrected chi connectivity index (χ0v) is 12.9. The van der Waals surface area contributed by atoms with E-state index in [-0.39, 0.29) is 5.75 Å². The van der Waals surface area contributed by atoms with Crippen molar-refractivity contribution in [2.45, 2.75) is 25.8 Å². The first-order chi connectivity index (χ1) is 11.0. The Hall–Kier alpha value is -2.89. The molecule has 6 nitrogen and oxygen atoms in total. The third-order valence-corrected chi connectivity index (χ3v) is 4.20. The number of carbonyl (C=O) groups is 2. The number of phenolic OH excluding ortho intramolecular Hbond substituents is 1. The van der Waals surface area contributed by atoms with Crippen LogP contribution in [0.1, 0.15) is 25.8 Å². The van der Waals surface area contributed by atoms with Gasteiger partial charge in [-0.1, -0.05) is 37.3 Å². The highest BCUT2D eigenvalue weighted by Crippen LogP contribution is 2.26. The Morgan fingerprint density at radius 2 is 2.00 bits per heavy atom. The highest BCUT2D eigenvalue weighted by molar-refractivity contribution is 6.08. The molecule has 6 heteroatoms. The molecule has 0 radical (unpaired) electrons. The molecule has 1 aliphatic rings. The topological polar surface area (TPSA) is 82.0 Å². The van der Waals surface area contributed by atoms with Gasteiger partial charge in [0.05, 0.1) is 6.21 Å². The molecule has 23 heavy (non-hydrogen) atoms. The van der Waals surface area contributed by atoms with Crippen LogP contribution in [0.15, 0.2) is 41.5 Å².